The van der Waals surface area contributed by atoms with E-state index < -0.39 is 0 Å². The van der Waals surface area contributed by atoms with Gasteiger partial charge in [-0.15, -0.1) is 0 Å². The molecule has 1 heterocycles. The molecule has 1 aliphatic heterocycles. The lowest BCUT2D eigenvalue weighted by atomic mass is 9.87. The van der Waals surface area contributed by atoms with Gasteiger partial charge in [-0.1, -0.05) is 0 Å². The molecule has 2 nitrogen and oxygen atoms in total. The molecule has 0 aromatic heterocycles. The maximum absolute atomic E-state index is 4.50. The van der Waals surface area contributed by atoms with Gasteiger partial charge < -0.3 is 4.37 Å². The molecule has 0 unspecified atom stereocenters. The van der Waals surface area contributed by atoms with Gasteiger partial charge in [0.2, 0.25) is 0 Å². The van der Waals surface area contributed by atoms with Crippen molar-refractivity contribution in [3.8, 4) is 0 Å². The number of rotatable bonds is 0. The summed E-state index contributed by atoms with van der Waals surface area (Å²) in [7, 11) is 3.89. The number of nitrogens with zero attached hydrogens (tertiary/aromatic N) is 1. The predicted octanol–water partition coefficient (Wildman–Crippen LogP) is 2.32. The zero-order chi connectivity index (χ0) is 8.86. The van der Waals surface area contributed by atoms with E-state index in [9.17, 15) is 0 Å². The Kier molecular flexibility index (Phi) is 1.55. The van der Waals surface area contributed by atoms with E-state index in [1.165, 1.54) is 0 Å². The van der Waals surface area contributed by atoms with Crippen LogP contribution in [0.2, 0.25) is 0 Å². The Morgan fingerprint density at radius 2 is 1.73 bits per heavy atom. The highest BCUT2D eigenvalue weighted by Gasteiger charge is 2.50. The van der Waals surface area contributed by atoms with Gasteiger partial charge in [-0.2, -0.15) is 4.99 Å². The summed E-state index contributed by atoms with van der Waals surface area (Å²) in [6.07, 6.45) is 0. The topological polar surface area (TPSA) is 15.1 Å². The lowest BCUT2D eigenvalue weighted by Gasteiger charge is -2.41. The summed E-state index contributed by atoms with van der Waals surface area (Å²) >= 11 is 0. The van der Waals surface area contributed by atoms with E-state index in [1.807, 2.05) is 6.92 Å². The Morgan fingerprint density at radius 3 is 1.82 bits per heavy atom. The molecule has 0 aromatic carbocycles. The first kappa shape index (κ1) is 8.57. The molecule has 0 aromatic rings. The van der Waals surface area contributed by atoms with Crippen LogP contribution in [-0.4, -0.2) is 17.0 Å². The van der Waals surface area contributed by atoms with Crippen LogP contribution in [0.4, 0.5) is 0 Å². The van der Waals surface area contributed by atoms with Crippen molar-refractivity contribution in [1.29, 1.82) is 0 Å². The highest BCUT2D eigenvalue weighted by atomic mass is 16.7. The molecule has 1 aliphatic rings. The summed E-state index contributed by atoms with van der Waals surface area (Å²) in [5, 5.41) is 0. The molecule has 0 bridgehead atoms. The van der Waals surface area contributed by atoms with Gasteiger partial charge in [0.1, 0.15) is 5.54 Å². The van der Waals surface area contributed by atoms with Crippen molar-refractivity contribution in [2.24, 2.45) is 4.99 Å². The van der Waals surface area contributed by atoms with Gasteiger partial charge in [-0.3, -0.25) is 0 Å². The summed E-state index contributed by atoms with van der Waals surface area (Å²) in [5.74, 6) is 0.944. The minimum atomic E-state index is -0.0521. The third-order valence-electron chi connectivity index (χ3n) is 2.88. The highest BCUT2D eigenvalue weighted by Crippen LogP contribution is 2.39. The van der Waals surface area contributed by atoms with Crippen LogP contribution in [0.1, 0.15) is 34.6 Å². The minimum absolute atomic E-state index is 0.0446. The van der Waals surface area contributed by atoms with Crippen molar-refractivity contribution >= 4 is 5.90 Å². The van der Waals surface area contributed by atoms with Gasteiger partial charge in [0.25, 0.3) is 5.90 Å². The van der Waals surface area contributed by atoms with Gasteiger partial charge in [0.05, 0.1) is 6.92 Å². The van der Waals surface area contributed by atoms with E-state index in [0.29, 0.717) is 0 Å². The zero-order valence-electron chi connectivity index (χ0n) is 8.06. The SMILES string of the molecule is [CH2-][O+]1C(C)=NC(C)(C)C1(C)C. The molecule has 0 N–H and O–H groups in total. The Balaban J connectivity index is 3.05. The molecule has 11 heavy (non-hydrogen) atoms. The van der Waals surface area contributed by atoms with E-state index in [0.717, 1.165) is 5.90 Å². The van der Waals surface area contributed by atoms with Gasteiger partial charge in [-0.05, 0) is 21.0 Å². The van der Waals surface area contributed by atoms with Crippen LogP contribution < -0.4 is 0 Å². The second kappa shape index (κ2) is 1.99. The Bertz CT molecular complexity index is 204. The van der Waals surface area contributed by atoms with Crippen molar-refractivity contribution < 1.29 is 4.37 Å². The molecule has 64 valence electrons. The molecule has 0 saturated heterocycles. The first-order valence-corrected chi connectivity index (χ1v) is 3.89. The summed E-state index contributed by atoms with van der Waals surface area (Å²) in [4.78, 5) is 4.50. The molecule has 0 fully saturated rings. The molecule has 0 radical (unpaired) electrons. The Hall–Kier alpha value is -0.530. The van der Waals surface area contributed by atoms with Gasteiger partial charge in [0.15, 0.2) is 5.60 Å². The minimum Gasteiger partial charge on any atom is -0.695 e. The van der Waals surface area contributed by atoms with Crippen molar-refractivity contribution in [2.45, 2.75) is 45.8 Å². The van der Waals surface area contributed by atoms with Crippen LogP contribution in [0.25, 0.3) is 0 Å². The second-order valence-electron chi connectivity index (χ2n) is 4.09. The molecular formula is C9H17NO. The Morgan fingerprint density at radius 1 is 1.27 bits per heavy atom. The lowest BCUT2D eigenvalue weighted by molar-refractivity contribution is -0.0849. The summed E-state index contributed by atoms with van der Waals surface area (Å²) in [5.41, 5.74) is -0.0966. The number of hydrogen-bond acceptors (Lipinski definition) is 1. The molecule has 0 spiro atoms. The monoisotopic (exact) mass is 155 g/mol. The average molecular weight is 155 g/mol. The first-order valence-electron chi connectivity index (χ1n) is 3.89. The number of hydrogen-bond donors (Lipinski definition) is 0. The summed E-state index contributed by atoms with van der Waals surface area (Å²) in [6, 6.07) is 0. The summed E-state index contributed by atoms with van der Waals surface area (Å²) in [6.45, 7) is 10.5. The van der Waals surface area contributed by atoms with Gasteiger partial charge in [0, 0.05) is 13.8 Å². The van der Waals surface area contributed by atoms with Crippen LogP contribution in [0.5, 0.6) is 0 Å². The quantitative estimate of drug-likeness (QED) is 0.377. The van der Waals surface area contributed by atoms with Crippen molar-refractivity contribution in [1.82, 2.24) is 0 Å². The third kappa shape index (κ3) is 0.959. The maximum Gasteiger partial charge on any atom is 0.296 e. The van der Waals surface area contributed by atoms with Crippen LogP contribution in [0, 0.1) is 7.11 Å². The summed E-state index contributed by atoms with van der Waals surface area (Å²) < 4.78 is 2.80. The van der Waals surface area contributed by atoms with Gasteiger partial charge in [-0.25, -0.2) is 0 Å². The fourth-order valence-corrected chi connectivity index (χ4v) is 1.25. The van der Waals surface area contributed by atoms with E-state index in [2.05, 4.69) is 44.2 Å². The molecule has 0 atom stereocenters. The van der Waals surface area contributed by atoms with Crippen LogP contribution in [0.3, 0.4) is 0 Å². The Labute approximate surface area is 69.0 Å². The largest absolute Gasteiger partial charge is 0.695 e. The molecule has 0 aliphatic carbocycles. The highest BCUT2D eigenvalue weighted by molar-refractivity contribution is 5.78. The second-order valence-corrected chi connectivity index (χ2v) is 4.09. The van der Waals surface area contributed by atoms with E-state index >= 15 is 0 Å². The fraction of sp³-hybridized carbons (Fsp3) is 0.778. The third-order valence-corrected chi connectivity index (χ3v) is 2.88. The maximum atomic E-state index is 4.50. The molecular weight excluding hydrogens is 138 g/mol. The zero-order valence-corrected chi connectivity index (χ0v) is 8.06. The smallest absolute Gasteiger partial charge is 0.296 e. The van der Waals surface area contributed by atoms with Crippen molar-refractivity contribution in [2.75, 3.05) is 0 Å². The number of aliphatic imine (C=N–C) groups is 1. The molecule has 0 saturated carbocycles. The molecule has 0 amide bonds. The van der Waals surface area contributed by atoms with Crippen LogP contribution in [0.15, 0.2) is 4.99 Å². The van der Waals surface area contributed by atoms with Crippen molar-refractivity contribution in [3.05, 3.63) is 7.11 Å². The molecule has 1 rings (SSSR count). The average Bonchev–Trinajstić information content (AvgIpc) is 1.93. The van der Waals surface area contributed by atoms with E-state index in [4.69, 9.17) is 0 Å². The first-order chi connectivity index (χ1) is 4.79. The molecule has 2 heteroatoms. The van der Waals surface area contributed by atoms with E-state index in [1.54, 1.807) is 0 Å². The lowest BCUT2D eigenvalue weighted by Crippen LogP contribution is -2.45. The van der Waals surface area contributed by atoms with Crippen molar-refractivity contribution in [3.63, 3.8) is 0 Å². The van der Waals surface area contributed by atoms with Gasteiger partial charge >= 0.3 is 0 Å². The van der Waals surface area contributed by atoms with Crippen LogP contribution in [-0.2, 0) is 4.37 Å². The van der Waals surface area contributed by atoms with E-state index in [-0.39, 0.29) is 11.1 Å². The normalized spacial score (nSPS) is 27.1. The standard InChI is InChI=1S/C9H17NO/c1-7-10-8(2,3)9(4,5)11(7)6/h6H2,1-5H3. The fourth-order valence-electron chi connectivity index (χ4n) is 1.25. The predicted molar refractivity (Wildman–Crippen MR) is 47.7 cm³/mol. The van der Waals surface area contributed by atoms with Crippen LogP contribution >= 0.6 is 0 Å².